The fourth-order valence-corrected chi connectivity index (χ4v) is 2.32. The zero-order chi connectivity index (χ0) is 12.7. The Labute approximate surface area is 103 Å². The van der Waals surface area contributed by atoms with E-state index in [2.05, 4.69) is 15.7 Å². The maximum absolute atomic E-state index is 10.9. The molecule has 0 unspecified atom stereocenters. The van der Waals surface area contributed by atoms with Gasteiger partial charge in [0.25, 0.3) is 0 Å². The Morgan fingerprint density at radius 1 is 1.35 bits per heavy atom. The van der Waals surface area contributed by atoms with Crippen LogP contribution in [0.4, 0.5) is 0 Å². The van der Waals surface area contributed by atoms with E-state index >= 15 is 0 Å². The molecule has 6 nitrogen and oxygen atoms in total. The Balaban J connectivity index is 2.38. The van der Waals surface area contributed by atoms with Crippen molar-refractivity contribution in [1.82, 2.24) is 10.7 Å². The van der Waals surface area contributed by atoms with Crippen LogP contribution >= 0.6 is 0 Å². The number of aliphatic imine (C=N–C) groups is 1. The minimum Gasteiger partial charge on any atom is -0.353 e. The van der Waals surface area contributed by atoms with Crippen LogP contribution in [0.3, 0.4) is 0 Å². The fourth-order valence-electron chi connectivity index (χ4n) is 1.90. The first-order valence-corrected chi connectivity index (χ1v) is 8.02. The van der Waals surface area contributed by atoms with Gasteiger partial charge in [0.1, 0.15) is 9.84 Å². The second kappa shape index (κ2) is 6.80. The topological polar surface area (TPSA) is 96.6 Å². The lowest BCUT2D eigenvalue weighted by Gasteiger charge is -2.24. The van der Waals surface area contributed by atoms with E-state index < -0.39 is 9.84 Å². The van der Waals surface area contributed by atoms with Crippen molar-refractivity contribution in [3.05, 3.63) is 0 Å². The highest BCUT2D eigenvalue weighted by molar-refractivity contribution is 7.90. The van der Waals surface area contributed by atoms with Crippen molar-refractivity contribution in [2.45, 2.75) is 38.1 Å². The van der Waals surface area contributed by atoms with Crippen molar-refractivity contribution in [3.8, 4) is 0 Å². The third-order valence-electron chi connectivity index (χ3n) is 2.81. The Morgan fingerprint density at radius 2 is 2.00 bits per heavy atom. The number of rotatable bonds is 4. The number of hydrogen-bond donors (Lipinski definition) is 3. The zero-order valence-electron chi connectivity index (χ0n) is 10.3. The van der Waals surface area contributed by atoms with Crippen LogP contribution in [0, 0.1) is 0 Å². The van der Waals surface area contributed by atoms with Gasteiger partial charge in [-0.15, -0.1) is 0 Å². The summed E-state index contributed by atoms with van der Waals surface area (Å²) in [4.78, 5) is 4.11. The van der Waals surface area contributed by atoms with E-state index in [9.17, 15) is 8.42 Å². The van der Waals surface area contributed by atoms with Gasteiger partial charge in [-0.2, -0.15) is 0 Å². The highest BCUT2D eigenvalue weighted by atomic mass is 32.2. The third-order valence-corrected chi connectivity index (χ3v) is 3.74. The first-order valence-electron chi connectivity index (χ1n) is 5.96. The van der Waals surface area contributed by atoms with Crippen molar-refractivity contribution in [2.75, 3.05) is 18.6 Å². The summed E-state index contributed by atoms with van der Waals surface area (Å²) in [6, 6.07) is 0.400. The molecule has 0 aliphatic heterocycles. The average Bonchev–Trinajstić information content (AvgIpc) is 2.27. The first kappa shape index (κ1) is 14.2. The molecule has 0 heterocycles. The fraction of sp³-hybridized carbons (Fsp3) is 0.900. The van der Waals surface area contributed by atoms with Crippen LogP contribution in [-0.4, -0.2) is 39.0 Å². The molecular formula is C10H22N4O2S. The molecule has 1 fully saturated rings. The van der Waals surface area contributed by atoms with Gasteiger partial charge in [-0.25, -0.2) is 14.3 Å². The van der Waals surface area contributed by atoms with Crippen molar-refractivity contribution in [1.29, 1.82) is 0 Å². The maximum Gasteiger partial charge on any atom is 0.205 e. The summed E-state index contributed by atoms with van der Waals surface area (Å²) in [5, 5.41) is 3.21. The first-order chi connectivity index (χ1) is 8.01. The van der Waals surface area contributed by atoms with E-state index in [0.29, 0.717) is 12.0 Å². The molecule has 0 radical (unpaired) electrons. The van der Waals surface area contributed by atoms with E-state index in [-0.39, 0.29) is 12.3 Å². The van der Waals surface area contributed by atoms with E-state index in [1.807, 2.05) is 0 Å². The Hall–Kier alpha value is -0.820. The lowest BCUT2D eigenvalue weighted by atomic mass is 9.96. The van der Waals surface area contributed by atoms with Crippen molar-refractivity contribution < 1.29 is 8.42 Å². The number of guanidine groups is 1. The van der Waals surface area contributed by atoms with Gasteiger partial charge in [0.15, 0.2) is 0 Å². The van der Waals surface area contributed by atoms with Crippen LogP contribution in [0.25, 0.3) is 0 Å². The highest BCUT2D eigenvalue weighted by Gasteiger charge is 2.14. The summed E-state index contributed by atoms with van der Waals surface area (Å²) in [7, 11) is -2.96. The van der Waals surface area contributed by atoms with Gasteiger partial charge in [0.2, 0.25) is 5.96 Å². The smallest absolute Gasteiger partial charge is 0.205 e. The second-order valence-corrected chi connectivity index (χ2v) is 6.74. The monoisotopic (exact) mass is 262 g/mol. The summed E-state index contributed by atoms with van der Waals surface area (Å²) >= 11 is 0. The predicted octanol–water partition coefficient (Wildman–Crippen LogP) is -0.227. The Bertz CT molecular complexity index is 347. The van der Waals surface area contributed by atoms with Gasteiger partial charge in [0, 0.05) is 12.3 Å². The van der Waals surface area contributed by atoms with Gasteiger partial charge >= 0.3 is 0 Å². The molecule has 4 N–H and O–H groups in total. The van der Waals surface area contributed by atoms with E-state index in [1.54, 1.807) is 0 Å². The van der Waals surface area contributed by atoms with Gasteiger partial charge in [0.05, 0.1) is 12.3 Å². The quantitative estimate of drug-likeness (QED) is 0.281. The zero-order valence-corrected chi connectivity index (χ0v) is 11.1. The molecule has 1 saturated carbocycles. The number of sulfone groups is 1. The van der Waals surface area contributed by atoms with Crippen LogP contribution in [-0.2, 0) is 9.84 Å². The summed E-state index contributed by atoms with van der Waals surface area (Å²) in [6.07, 6.45) is 7.17. The van der Waals surface area contributed by atoms with Gasteiger partial charge in [-0.3, -0.25) is 10.4 Å². The molecule has 0 atom stereocenters. The van der Waals surface area contributed by atoms with Crippen LogP contribution in [0.1, 0.15) is 32.1 Å². The number of nitrogens with zero attached hydrogens (tertiary/aromatic N) is 1. The van der Waals surface area contributed by atoms with Gasteiger partial charge < -0.3 is 5.32 Å². The van der Waals surface area contributed by atoms with Crippen molar-refractivity contribution in [3.63, 3.8) is 0 Å². The van der Waals surface area contributed by atoms with Crippen LogP contribution in [0.2, 0.25) is 0 Å². The van der Waals surface area contributed by atoms with Crippen molar-refractivity contribution >= 4 is 15.8 Å². The van der Waals surface area contributed by atoms with E-state index in [4.69, 9.17) is 5.84 Å². The maximum atomic E-state index is 10.9. The summed E-state index contributed by atoms with van der Waals surface area (Å²) in [6.45, 7) is 0.234. The predicted molar refractivity (Wildman–Crippen MR) is 69.3 cm³/mol. The van der Waals surface area contributed by atoms with Crippen LogP contribution in [0.5, 0.6) is 0 Å². The highest BCUT2D eigenvalue weighted by Crippen LogP contribution is 2.16. The van der Waals surface area contributed by atoms with Crippen molar-refractivity contribution in [2.24, 2.45) is 10.8 Å². The lowest BCUT2D eigenvalue weighted by molar-refractivity contribution is 0.410. The molecular weight excluding hydrogens is 240 g/mol. The molecule has 0 aromatic carbocycles. The standard InChI is InChI=1S/C10H22N4O2S/c1-17(15,16)8-7-12-10(14-11)13-9-5-3-2-4-6-9/h9H,2-8,11H2,1H3,(H2,12,13,14). The summed E-state index contributed by atoms with van der Waals surface area (Å²) in [5.74, 6) is 5.88. The largest absolute Gasteiger partial charge is 0.353 e. The summed E-state index contributed by atoms with van der Waals surface area (Å²) < 4.78 is 21.9. The molecule has 0 amide bonds. The Kier molecular flexibility index (Phi) is 5.70. The summed E-state index contributed by atoms with van der Waals surface area (Å²) in [5.41, 5.74) is 2.48. The lowest BCUT2D eigenvalue weighted by Crippen LogP contribution is -2.47. The normalized spacial score (nSPS) is 19.1. The molecule has 0 spiro atoms. The molecule has 7 heteroatoms. The number of nitrogens with one attached hydrogen (secondary N) is 2. The van der Waals surface area contributed by atoms with Gasteiger partial charge in [-0.1, -0.05) is 19.3 Å². The average molecular weight is 262 g/mol. The van der Waals surface area contributed by atoms with Crippen LogP contribution in [0.15, 0.2) is 4.99 Å². The number of nitrogens with two attached hydrogens (primary N) is 1. The minimum absolute atomic E-state index is 0.0462. The number of hydrogen-bond acceptors (Lipinski definition) is 4. The minimum atomic E-state index is -2.96. The molecule has 1 aliphatic carbocycles. The SMILES string of the molecule is CS(=O)(=O)CCN=C(NN)NC1CCCCC1. The Morgan fingerprint density at radius 3 is 2.53 bits per heavy atom. The number of hydrazine groups is 1. The van der Waals surface area contributed by atoms with Crippen LogP contribution < -0.4 is 16.6 Å². The van der Waals surface area contributed by atoms with Gasteiger partial charge in [-0.05, 0) is 12.8 Å². The molecule has 0 bridgehead atoms. The third kappa shape index (κ3) is 6.48. The molecule has 0 aromatic rings. The second-order valence-electron chi connectivity index (χ2n) is 4.48. The molecule has 0 aromatic heterocycles. The van der Waals surface area contributed by atoms with E-state index in [0.717, 1.165) is 12.8 Å². The molecule has 100 valence electrons. The molecule has 0 saturated heterocycles. The van der Waals surface area contributed by atoms with E-state index in [1.165, 1.54) is 25.5 Å². The molecule has 17 heavy (non-hydrogen) atoms. The molecule has 1 aliphatic rings. The molecule has 1 rings (SSSR count).